The van der Waals surface area contributed by atoms with Crippen LogP contribution < -0.4 is 4.57 Å². The summed E-state index contributed by atoms with van der Waals surface area (Å²) in [6, 6.07) is 18.4. The molecule has 1 saturated carbocycles. The Kier molecular flexibility index (Phi) is 7.12. The summed E-state index contributed by atoms with van der Waals surface area (Å²) >= 11 is 0. The van der Waals surface area contributed by atoms with Crippen molar-refractivity contribution in [3.8, 4) is 0 Å². The van der Waals surface area contributed by atoms with Crippen LogP contribution in [0.5, 0.6) is 0 Å². The first kappa shape index (κ1) is 24.1. The van der Waals surface area contributed by atoms with Gasteiger partial charge in [-0.25, -0.2) is 23.1 Å². The van der Waals surface area contributed by atoms with Crippen molar-refractivity contribution in [2.45, 2.75) is 57.1 Å². The number of carbonyl (C=O) groups is 1. The van der Waals surface area contributed by atoms with E-state index in [1.165, 1.54) is 5.56 Å². The van der Waals surface area contributed by atoms with Crippen LogP contribution in [0.4, 0.5) is 8.78 Å². The molecule has 0 spiro atoms. The number of aromatic nitrogens is 2. The number of imidazole rings is 1. The molecule has 180 valence electrons. The second-order valence-corrected chi connectivity index (χ2v) is 9.10. The van der Waals surface area contributed by atoms with Crippen molar-refractivity contribution >= 4 is 5.97 Å². The minimum absolute atomic E-state index is 0.0651. The van der Waals surface area contributed by atoms with Gasteiger partial charge in [0.05, 0.1) is 6.61 Å². The van der Waals surface area contributed by atoms with Gasteiger partial charge in [0.2, 0.25) is 5.92 Å². The van der Waals surface area contributed by atoms with Gasteiger partial charge in [0.15, 0.2) is 5.60 Å². The SMILES string of the molecule is Cc1[nH]cc(CCCOC(=O)[C@](O)(c2ccccc2)[C@@H]2CCC(F)(F)C2)[n+]1Cc1ccccc1. The maximum atomic E-state index is 13.9. The average molecular weight is 470 g/mol. The van der Waals surface area contributed by atoms with Crippen LogP contribution in [-0.2, 0) is 28.1 Å². The van der Waals surface area contributed by atoms with Gasteiger partial charge in [-0.05, 0) is 24.0 Å². The largest absolute Gasteiger partial charge is 0.463 e. The summed E-state index contributed by atoms with van der Waals surface area (Å²) in [6.45, 7) is 2.82. The van der Waals surface area contributed by atoms with Crippen LogP contribution in [0.2, 0.25) is 0 Å². The predicted molar refractivity (Wildman–Crippen MR) is 123 cm³/mol. The van der Waals surface area contributed by atoms with Gasteiger partial charge in [-0.2, -0.15) is 0 Å². The molecule has 0 saturated heterocycles. The number of nitrogens with one attached hydrogen (secondary N) is 1. The number of hydrogen-bond acceptors (Lipinski definition) is 3. The second-order valence-electron chi connectivity index (χ2n) is 9.10. The lowest BCUT2D eigenvalue weighted by Crippen LogP contribution is -2.44. The molecule has 0 bridgehead atoms. The fourth-order valence-corrected chi connectivity index (χ4v) is 4.80. The van der Waals surface area contributed by atoms with E-state index in [0.717, 1.165) is 18.1 Å². The lowest BCUT2D eigenvalue weighted by atomic mass is 9.80. The van der Waals surface area contributed by atoms with Gasteiger partial charge in [0, 0.05) is 32.1 Å². The van der Waals surface area contributed by atoms with Crippen molar-refractivity contribution in [2.75, 3.05) is 6.61 Å². The third-order valence-electron chi connectivity index (χ3n) is 6.71. The van der Waals surface area contributed by atoms with Gasteiger partial charge < -0.3 is 9.84 Å². The summed E-state index contributed by atoms with van der Waals surface area (Å²) in [6.07, 6.45) is 2.35. The average Bonchev–Trinajstić information content (AvgIpc) is 3.39. The number of aryl methyl sites for hydroxylation is 2. The van der Waals surface area contributed by atoms with Crippen LogP contribution in [0.3, 0.4) is 0 Å². The third-order valence-corrected chi connectivity index (χ3v) is 6.71. The Hall–Kier alpha value is -3.06. The highest BCUT2D eigenvalue weighted by atomic mass is 19.3. The summed E-state index contributed by atoms with van der Waals surface area (Å²) in [7, 11) is 0. The molecule has 0 unspecified atom stereocenters. The molecule has 34 heavy (non-hydrogen) atoms. The molecule has 2 atom stereocenters. The van der Waals surface area contributed by atoms with E-state index in [1.54, 1.807) is 30.3 Å². The molecule has 1 fully saturated rings. The zero-order chi connectivity index (χ0) is 24.2. The summed E-state index contributed by atoms with van der Waals surface area (Å²) in [5.41, 5.74) is 0.471. The number of H-pyrrole nitrogens is 1. The number of hydrogen-bond donors (Lipinski definition) is 2. The zero-order valence-electron chi connectivity index (χ0n) is 19.3. The van der Waals surface area contributed by atoms with E-state index in [0.29, 0.717) is 18.4 Å². The van der Waals surface area contributed by atoms with Crippen LogP contribution in [0.25, 0.3) is 0 Å². The van der Waals surface area contributed by atoms with E-state index >= 15 is 0 Å². The number of ether oxygens (including phenoxy) is 1. The van der Waals surface area contributed by atoms with E-state index < -0.39 is 29.8 Å². The monoisotopic (exact) mass is 469 g/mol. The summed E-state index contributed by atoms with van der Waals surface area (Å²) < 4.78 is 35.5. The fourth-order valence-electron chi connectivity index (χ4n) is 4.80. The van der Waals surface area contributed by atoms with Crippen molar-refractivity contribution in [1.29, 1.82) is 0 Å². The Morgan fingerprint density at radius 1 is 1.18 bits per heavy atom. The van der Waals surface area contributed by atoms with Crippen LogP contribution >= 0.6 is 0 Å². The summed E-state index contributed by atoms with van der Waals surface area (Å²) in [4.78, 5) is 16.3. The van der Waals surface area contributed by atoms with E-state index in [2.05, 4.69) is 21.7 Å². The molecule has 0 aliphatic heterocycles. The molecule has 1 heterocycles. The maximum absolute atomic E-state index is 13.9. The number of benzene rings is 2. The number of aromatic amines is 1. The first-order chi connectivity index (χ1) is 16.3. The summed E-state index contributed by atoms with van der Waals surface area (Å²) in [5.74, 6) is -3.61. The Labute approximate surface area is 198 Å². The van der Waals surface area contributed by atoms with Crippen LogP contribution in [0, 0.1) is 12.8 Å². The molecular weight excluding hydrogens is 438 g/mol. The van der Waals surface area contributed by atoms with Gasteiger partial charge in [-0.1, -0.05) is 60.7 Å². The Balaban J connectivity index is 1.40. The molecule has 2 aromatic carbocycles. The van der Waals surface area contributed by atoms with Crippen molar-refractivity contribution in [3.63, 3.8) is 0 Å². The number of nitrogens with zero attached hydrogens (tertiary/aromatic N) is 1. The quantitative estimate of drug-likeness (QED) is 0.276. The molecule has 5 nitrogen and oxygen atoms in total. The number of rotatable bonds is 9. The Morgan fingerprint density at radius 3 is 2.50 bits per heavy atom. The van der Waals surface area contributed by atoms with Crippen molar-refractivity contribution in [3.05, 3.63) is 89.5 Å². The highest BCUT2D eigenvalue weighted by Gasteiger charge is 2.54. The highest BCUT2D eigenvalue weighted by Crippen LogP contribution is 2.47. The molecule has 7 heteroatoms. The lowest BCUT2D eigenvalue weighted by Gasteiger charge is -2.32. The highest BCUT2D eigenvalue weighted by molar-refractivity contribution is 5.81. The Morgan fingerprint density at radius 2 is 1.85 bits per heavy atom. The molecule has 1 aromatic heterocycles. The number of aliphatic hydroxyl groups is 1. The molecule has 4 rings (SSSR count). The molecule has 2 N–H and O–H groups in total. The van der Waals surface area contributed by atoms with Crippen molar-refractivity contribution in [2.24, 2.45) is 5.92 Å². The molecule has 1 aliphatic carbocycles. The standard InChI is InChI=1S/C27H30F2N2O3/c1-20-30-18-24(31(20)19-21-9-4-2-5-10-21)13-8-16-34-25(32)27(33,22-11-6-3-7-12-22)23-14-15-26(28,29)17-23/h2-7,9-12,18,23,33H,8,13-17,19H2,1H3/p+1/t23-,27+/m1/s1. The number of alkyl halides is 2. The van der Waals surface area contributed by atoms with Crippen LogP contribution in [0.15, 0.2) is 66.9 Å². The predicted octanol–water partition coefficient (Wildman–Crippen LogP) is 4.46. The topological polar surface area (TPSA) is 66.2 Å². The molecule has 0 amide bonds. The van der Waals surface area contributed by atoms with Gasteiger partial charge in [0.25, 0.3) is 5.82 Å². The lowest BCUT2D eigenvalue weighted by molar-refractivity contribution is -0.700. The molecule has 1 aliphatic rings. The van der Waals surface area contributed by atoms with Gasteiger partial charge >= 0.3 is 5.97 Å². The van der Waals surface area contributed by atoms with Crippen LogP contribution in [-0.4, -0.2) is 28.6 Å². The van der Waals surface area contributed by atoms with E-state index in [1.807, 2.05) is 31.3 Å². The van der Waals surface area contributed by atoms with E-state index in [9.17, 15) is 18.7 Å². The minimum Gasteiger partial charge on any atom is -0.463 e. The van der Waals surface area contributed by atoms with Gasteiger partial charge in [-0.15, -0.1) is 0 Å². The van der Waals surface area contributed by atoms with E-state index in [-0.39, 0.29) is 19.4 Å². The normalized spacial score (nSPS) is 19.0. The van der Waals surface area contributed by atoms with Crippen molar-refractivity contribution in [1.82, 2.24) is 4.98 Å². The maximum Gasteiger partial charge on any atom is 0.343 e. The fraction of sp³-hybridized carbons (Fsp3) is 0.407. The van der Waals surface area contributed by atoms with Gasteiger partial charge in [-0.3, -0.25) is 0 Å². The molecular formula is C27H31F2N2O3+. The minimum atomic E-state index is -2.88. The van der Waals surface area contributed by atoms with E-state index in [4.69, 9.17) is 4.74 Å². The third kappa shape index (κ3) is 5.20. The molecule has 0 radical (unpaired) electrons. The summed E-state index contributed by atoms with van der Waals surface area (Å²) in [5, 5.41) is 11.4. The number of halogens is 2. The Bertz CT molecular complexity index is 1100. The molecule has 3 aromatic rings. The van der Waals surface area contributed by atoms with Crippen molar-refractivity contribution < 1.29 is 28.0 Å². The smallest absolute Gasteiger partial charge is 0.343 e. The number of esters is 1. The first-order valence-corrected chi connectivity index (χ1v) is 11.7. The zero-order valence-corrected chi connectivity index (χ0v) is 19.3. The van der Waals surface area contributed by atoms with Gasteiger partial charge in [0.1, 0.15) is 18.4 Å². The number of carbonyl (C=O) groups excluding carboxylic acids is 1. The van der Waals surface area contributed by atoms with Crippen LogP contribution in [0.1, 0.15) is 48.3 Å². The second kappa shape index (κ2) is 10.1. The first-order valence-electron chi connectivity index (χ1n) is 11.7.